The number of methoxy groups -OCH3 is 1. The lowest BCUT2D eigenvalue weighted by molar-refractivity contribution is -0.119. The molecule has 7 nitrogen and oxygen atoms in total. The number of fused-ring (bicyclic) bond motifs is 1. The standard InChI is InChI=1S/C20H16FN3O4S/c1-26-15-6-7-16-18(10-15)29-20(23-16)24(19(25)17-12-27-8-9-28-17)22-11-13-2-4-14(21)5-3-13/h2-7,10-12H,8-9H2,1H3/b22-11+. The van der Waals surface area contributed by atoms with E-state index in [1.807, 2.05) is 6.07 Å². The molecular formula is C20H16FN3O4S. The minimum atomic E-state index is -0.519. The monoisotopic (exact) mass is 413 g/mol. The molecule has 148 valence electrons. The van der Waals surface area contributed by atoms with Gasteiger partial charge in [-0.1, -0.05) is 23.5 Å². The van der Waals surface area contributed by atoms with E-state index >= 15 is 0 Å². The lowest BCUT2D eigenvalue weighted by Gasteiger charge is -2.19. The lowest BCUT2D eigenvalue weighted by Crippen LogP contribution is -2.30. The van der Waals surface area contributed by atoms with Crippen LogP contribution in [0.1, 0.15) is 5.56 Å². The molecule has 4 rings (SSSR count). The molecule has 1 aliphatic rings. The second kappa shape index (κ2) is 8.27. The summed E-state index contributed by atoms with van der Waals surface area (Å²) in [5.74, 6) is -0.154. The smallest absolute Gasteiger partial charge is 0.319 e. The Morgan fingerprint density at radius 2 is 2.10 bits per heavy atom. The molecule has 9 heteroatoms. The highest BCUT2D eigenvalue weighted by Gasteiger charge is 2.26. The number of carbonyl (C=O) groups is 1. The van der Waals surface area contributed by atoms with Crippen molar-refractivity contribution in [3.05, 3.63) is 65.9 Å². The number of aromatic nitrogens is 1. The molecule has 0 fully saturated rings. The van der Waals surface area contributed by atoms with Crippen LogP contribution in [-0.4, -0.2) is 37.4 Å². The first-order valence-corrected chi connectivity index (χ1v) is 9.49. The Labute approximate surface area is 169 Å². The Hall–Kier alpha value is -3.46. The van der Waals surface area contributed by atoms with Crippen molar-refractivity contribution in [3.63, 3.8) is 0 Å². The van der Waals surface area contributed by atoms with Gasteiger partial charge in [0.25, 0.3) is 0 Å². The third-order valence-corrected chi connectivity index (χ3v) is 5.00. The summed E-state index contributed by atoms with van der Waals surface area (Å²) in [6.07, 6.45) is 2.72. The van der Waals surface area contributed by atoms with Crippen molar-refractivity contribution in [2.24, 2.45) is 5.10 Å². The number of hydrogen-bond donors (Lipinski definition) is 0. The number of hydrogen-bond acceptors (Lipinski definition) is 7. The Bertz CT molecular complexity index is 1090. The predicted octanol–water partition coefficient (Wildman–Crippen LogP) is 3.70. The molecule has 0 aliphatic carbocycles. The molecule has 0 atom stereocenters. The van der Waals surface area contributed by atoms with Crippen molar-refractivity contribution in [1.29, 1.82) is 0 Å². The molecule has 3 aromatic rings. The van der Waals surface area contributed by atoms with Crippen molar-refractivity contribution in [1.82, 2.24) is 4.98 Å². The molecule has 1 aliphatic heterocycles. The van der Waals surface area contributed by atoms with E-state index in [2.05, 4.69) is 10.1 Å². The maximum absolute atomic E-state index is 13.1. The van der Waals surface area contributed by atoms with Crippen LogP contribution in [0, 0.1) is 5.82 Å². The summed E-state index contributed by atoms with van der Waals surface area (Å²) in [5.41, 5.74) is 1.33. The van der Waals surface area contributed by atoms with Crippen molar-refractivity contribution in [3.8, 4) is 5.75 Å². The van der Waals surface area contributed by atoms with Gasteiger partial charge in [0, 0.05) is 0 Å². The first-order valence-electron chi connectivity index (χ1n) is 8.67. The fraction of sp³-hybridized carbons (Fsp3) is 0.150. The van der Waals surface area contributed by atoms with Crippen LogP contribution in [0.15, 0.2) is 59.6 Å². The minimum absolute atomic E-state index is 0.0318. The molecule has 0 saturated heterocycles. The molecule has 29 heavy (non-hydrogen) atoms. The van der Waals surface area contributed by atoms with Gasteiger partial charge in [-0.3, -0.25) is 4.79 Å². The molecule has 2 heterocycles. The van der Waals surface area contributed by atoms with Crippen LogP contribution in [0.3, 0.4) is 0 Å². The zero-order valence-corrected chi connectivity index (χ0v) is 16.2. The summed E-state index contributed by atoms with van der Waals surface area (Å²) >= 11 is 1.28. The molecule has 1 aromatic heterocycles. The largest absolute Gasteiger partial charge is 0.497 e. The molecule has 0 saturated carbocycles. The van der Waals surface area contributed by atoms with E-state index in [1.54, 1.807) is 31.4 Å². The van der Waals surface area contributed by atoms with E-state index in [0.29, 0.717) is 28.6 Å². The third kappa shape index (κ3) is 4.19. The number of hydrazone groups is 1. The number of thiazole rings is 1. The number of halogens is 1. The summed E-state index contributed by atoms with van der Waals surface area (Å²) in [4.78, 5) is 17.5. The fourth-order valence-electron chi connectivity index (χ4n) is 2.56. The fourth-order valence-corrected chi connectivity index (χ4v) is 3.51. The van der Waals surface area contributed by atoms with Crippen LogP contribution in [0.25, 0.3) is 10.2 Å². The van der Waals surface area contributed by atoms with Crippen LogP contribution in [0.4, 0.5) is 9.52 Å². The van der Waals surface area contributed by atoms with Crippen molar-refractivity contribution in [2.75, 3.05) is 25.3 Å². The average Bonchev–Trinajstić information content (AvgIpc) is 3.18. The van der Waals surface area contributed by atoms with Gasteiger partial charge < -0.3 is 14.2 Å². The number of amides is 1. The molecule has 0 radical (unpaired) electrons. The van der Waals surface area contributed by atoms with Crippen molar-refractivity contribution >= 4 is 38.8 Å². The maximum atomic E-state index is 13.1. The van der Waals surface area contributed by atoms with Crippen molar-refractivity contribution in [2.45, 2.75) is 0 Å². The molecule has 0 unspecified atom stereocenters. The summed E-state index contributed by atoms with van der Waals surface area (Å²) in [6, 6.07) is 11.2. The van der Waals surface area contributed by atoms with Gasteiger partial charge in [-0.15, -0.1) is 0 Å². The van der Waals surface area contributed by atoms with Gasteiger partial charge in [-0.25, -0.2) is 9.37 Å². The first kappa shape index (κ1) is 18.9. The Morgan fingerprint density at radius 1 is 1.28 bits per heavy atom. The molecule has 0 spiro atoms. The summed E-state index contributed by atoms with van der Waals surface area (Å²) in [5, 5.41) is 5.78. The van der Waals surface area contributed by atoms with Crippen LogP contribution < -0.4 is 9.75 Å². The average molecular weight is 413 g/mol. The normalized spacial score (nSPS) is 13.7. The zero-order valence-electron chi connectivity index (χ0n) is 15.4. The van der Waals surface area contributed by atoms with Gasteiger partial charge in [0.15, 0.2) is 0 Å². The van der Waals surface area contributed by atoms with E-state index in [-0.39, 0.29) is 18.2 Å². The van der Waals surface area contributed by atoms with E-state index in [1.165, 1.54) is 35.9 Å². The second-order valence-corrected chi connectivity index (χ2v) is 6.95. The van der Waals surface area contributed by atoms with Crippen molar-refractivity contribution < 1.29 is 23.4 Å². The molecule has 1 amide bonds. The van der Waals surface area contributed by atoms with Crippen LogP contribution in [-0.2, 0) is 14.3 Å². The van der Waals surface area contributed by atoms with Gasteiger partial charge in [0.2, 0.25) is 10.9 Å². The van der Waals surface area contributed by atoms with Gasteiger partial charge in [-0.05, 0) is 35.9 Å². The molecule has 0 N–H and O–H groups in total. The Morgan fingerprint density at radius 3 is 2.83 bits per heavy atom. The maximum Gasteiger partial charge on any atom is 0.319 e. The van der Waals surface area contributed by atoms with E-state index < -0.39 is 5.91 Å². The van der Waals surface area contributed by atoms with Gasteiger partial charge in [0.1, 0.15) is 31.0 Å². The van der Waals surface area contributed by atoms with E-state index in [9.17, 15) is 9.18 Å². The van der Waals surface area contributed by atoms with Gasteiger partial charge in [-0.2, -0.15) is 10.1 Å². The van der Waals surface area contributed by atoms with E-state index in [0.717, 1.165) is 9.71 Å². The summed E-state index contributed by atoms with van der Waals surface area (Å²) < 4.78 is 29.8. The summed E-state index contributed by atoms with van der Waals surface area (Å²) in [7, 11) is 1.58. The van der Waals surface area contributed by atoms with Crippen LogP contribution >= 0.6 is 11.3 Å². The lowest BCUT2D eigenvalue weighted by atomic mass is 10.2. The highest BCUT2D eigenvalue weighted by Crippen LogP contribution is 2.32. The van der Waals surface area contributed by atoms with Gasteiger partial charge in [0.05, 0.1) is 23.5 Å². The number of anilines is 1. The quantitative estimate of drug-likeness (QED) is 0.471. The van der Waals surface area contributed by atoms with Crippen LogP contribution in [0.2, 0.25) is 0 Å². The number of nitrogens with zero attached hydrogens (tertiary/aromatic N) is 3. The predicted molar refractivity (Wildman–Crippen MR) is 108 cm³/mol. The number of ether oxygens (including phenoxy) is 3. The zero-order chi connectivity index (χ0) is 20.2. The topological polar surface area (TPSA) is 73.2 Å². The number of carbonyl (C=O) groups excluding carboxylic acids is 1. The second-order valence-electron chi connectivity index (χ2n) is 5.94. The first-order chi connectivity index (χ1) is 14.1. The minimum Gasteiger partial charge on any atom is -0.497 e. The Balaban J connectivity index is 1.71. The summed E-state index contributed by atoms with van der Waals surface area (Å²) in [6.45, 7) is 0.640. The highest BCUT2D eigenvalue weighted by molar-refractivity contribution is 7.22. The van der Waals surface area contributed by atoms with Crippen LogP contribution in [0.5, 0.6) is 5.75 Å². The van der Waals surface area contributed by atoms with Gasteiger partial charge >= 0.3 is 5.91 Å². The highest BCUT2D eigenvalue weighted by atomic mass is 32.1. The Kier molecular flexibility index (Phi) is 5.39. The van der Waals surface area contributed by atoms with E-state index in [4.69, 9.17) is 14.2 Å². The number of rotatable bonds is 5. The number of benzene rings is 2. The SMILES string of the molecule is COc1ccc2nc(N(/N=C/c3ccc(F)cc3)C(=O)C3=COCCO3)sc2c1. The third-order valence-electron chi connectivity index (χ3n) is 4.01. The molecule has 2 aromatic carbocycles. The molecular weight excluding hydrogens is 397 g/mol. The molecule has 0 bridgehead atoms.